The predicted octanol–water partition coefficient (Wildman–Crippen LogP) is 5.48. The first kappa shape index (κ1) is 30.5. The number of hydrogen-bond acceptors (Lipinski definition) is 4. The Labute approximate surface area is 240 Å². The normalized spacial score (nSPS) is 12.0. The zero-order valence-electron chi connectivity index (χ0n) is 22.2. The van der Waals surface area contributed by atoms with Crippen molar-refractivity contribution in [3.05, 3.63) is 94.0 Å². The van der Waals surface area contributed by atoms with E-state index in [9.17, 15) is 18.0 Å². The number of rotatable bonds is 12. The quantitative estimate of drug-likeness (QED) is 0.303. The minimum Gasteiger partial charge on any atom is -0.355 e. The molecule has 0 spiro atoms. The van der Waals surface area contributed by atoms with Crippen molar-refractivity contribution in [1.82, 2.24) is 10.2 Å². The van der Waals surface area contributed by atoms with Gasteiger partial charge in [0.2, 0.25) is 11.8 Å². The first-order valence-electron chi connectivity index (χ1n) is 12.7. The first-order valence-corrected chi connectivity index (χ1v) is 14.9. The third-order valence-corrected chi connectivity index (χ3v) is 8.83. The van der Waals surface area contributed by atoms with Crippen LogP contribution in [-0.4, -0.2) is 50.8 Å². The van der Waals surface area contributed by atoms with Crippen LogP contribution < -0.4 is 9.62 Å². The number of carbonyl (C=O) groups is 2. The van der Waals surface area contributed by atoms with Crippen molar-refractivity contribution in [2.75, 3.05) is 23.9 Å². The van der Waals surface area contributed by atoms with Crippen LogP contribution >= 0.6 is 23.2 Å². The average Bonchev–Trinajstić information content (AvgIpc) is 2.92. The number of hydrogen-bond donors (Lipinski definition) is 1. The van der Waals surface area contributed by atoms with E-state index < -0.39 is 28.5 Å². The summed E-state index contributed by atoms with van der Waals surface area (Å²) in [5.74, 6) is -0.797. The number of halogens is 2. The van der Waals surface area contributed by atoms with E-state index in [1.165, 1.54) is 35.2 Å². The molecule has 3 aromatic carbocycles. The molecule has 0 aliphatic heterocycles. The van der Waals surface area contributed by atoms with E-state index in [2.05, 4.69) is 5.32 Å². The molecular weight excluding hydrogens is 557 g/mol. The van der Waals surface area contributed by atoms with Crippen molar-refractivity contribution >= 4 is 50.7 Å². The number of nitrogens with zero attached hydrogens (tertiary/aromatic N) is 2. The van der Waals surface area contributed by atoms with Crippen LogP contribution in [0, 0.1) is 6.92 Å². The van der Waals surface area contributed by atoms with Gasteiger partial charge in [-0.05, 0) is 62.6 Å². The molecule has 0 aromatic heterocycles. The molecule has 1 atom stereocenters. The van der Waals surface area contributed by atoms with Crippen LogP contribution in [0.2, 0.25) is 10.0 Å². The number of aryl methyl sites for hydroxylation is 1. The van der Waals surface area contributed by atoms with Crippen molar-refractivity contribution < 1.29 is 18.0 Å². The van der Waals surface area contributed by atoms with Gasteiger partial charge >= 0.3 is 0 Å². The zero-order valence-corrected chi connectivity index (χ0v) is 24.6. The lowest BCUT2D eigenvalue weighted by molar-refractivity contribution is -0.139. The van der Waals surface area contributed by atoms with Crippen LogP contribution in [0.3, 0.4) is 0 Å². The fraction of sp³-hybridized carbons (Fsp3) is 0.310. The Hall–Kier alpha value is -3.07. The number of sulfonamides is 1. The molecule has 3 aromatic rings. The zero-order chi connectivity index (χ0) is 28.6. The maximum absolute atomic E-state index is 13.9. The Morgan fingerprint density at radius 3 is 2.18 bits per heavy atom. The summed E-state index contributed by atoms with van der Waals surface area (Å²) < 4.78 is 28.7. The highest BCUT2D eigenvalue weighted by atomic mass is 35.5. The number of amides is 2. The second-order valence-corrected chi connectivity index (χ2v) is 11.7. The van der Waals surface area contributed by atoms with Gasteiger partial charge in [-0.25, -0.2) is 8.42 Å². The van der Waals surface area contributed by atoms with E-state index in [1.807, 2.05) is 44.2 Å². The topological polar surface area (TPSA) is 86.8 Å². The van der Waals surface area contributed by atoms with E-state index in [0.717, 1.165) is 15.4 Å². The van der Waals surface area contributed by atoms with Gasteiger partial charge in [0.25, 0.3) is 10.0 Å². The molecule has 0 unspecified atom stereocenters. The van der Waals surface area contributed by atoms with E-state index >= 15 is 0 Å². The van der Waals surface area contributed by atoms with Crippen molar-refractivity contribution in [1.29, 1.82) is 0 Å². The largest absolute Gasteiger partial charge is 0.355 e. The van der Waals surface area contributed by atoms with Crippen molar-refractivity contribution in [2.45, 2.75) is 44.6 Å². The molecule has 0 aliphatic carbocycles. The fourth-order valence-corrected chi connectivity index (χ4v) is 5.89. The molecule has 0 saturated heterocycles. The number of benzene rings is 3. The summed E-state index contributed by atoms with van der Waals surface area (Å²) in [5.41, 5.74) is 2.08. The summed E-state index contributed by atoms with van der Waals surface area (Å²) in [5, 5.41) is 3.20. The Morgan fingerprint density at radius 2 is 1.59 bits per heavy atom. The van der Waals surface area contributed by atoms with E-state index in [-0.39, 0.29) is 33.1 Å². The summed E-state index contributed by atoms with van der Waals surface area (Å²) in [6, 6.07) is 19.6. The lowest BCUT2D eigenvalue weighted by atomic mass is 10.1. The van der Waals surface area contributed by atoms with Gasteiger partial charge in [0.05, 0.1) is 20.6 Å². The molecule has 0 bridgehead atoms. The monoisotopic (exact) mass is 589 g/mol. The first-order chi connectivity index (χ1) is 18.6. The maximum atomic E-state index is 13.9. The Balaban J connectivity index is 2.03. The minimum atomic E-state index is -4.18. The standard InChI is InChI=1S/C29H33Cl2N3O4S/c1-4-27(29(36)32-5-2)33(18-17-22-9-7-6-8-10-22)28(35)20-34(23-13-16-25(30)26(31)19-23)39(37,38)24-14-11-21(3)12-15-24/h6-16,19,27H,4-5,17-18,20H2,1-3H3,(H,32,36)/t27-/m1/s1. The SMILES string of the molecule is CCNC(=O)[C@@H](CC)N(CCc1ccccc1)C(=O)CN(c1ccc(Cl)c(Cl)c1)S(=O)(=O)c1ccc(C)cc1. The van der Waals surface area contributed by atoms with Gasteiger partial charge in [0.1, 0.15) is 12.6 Å². The average molecular weight is 591 g/mol. The predicted molar refractivity (Wildman–Crippen MR) is 157 cm³/mol. The lowest BCUT2D eigenvalue weighted by Gasteiger charge is -2.33. The van der Waals surface area contributed by atoms with Crippen LogP contribution in [-0.2, 0) is 26.0 Å². The number of anilines is 1. The third-order valence-electron chi connectivity index (χ3n) is 6.30. The summed E-state index contributed by atoms with van der Waals surface area (Å²) in [7, 11) is -4.18. The molecule has 0 aliphatic rings. The summed E-state index contributed by atoms with van der Waals surface area (Å²) in [6.07, 6.45) is 0.865. The van der Waals surface area contributed by atoms with Gasteiger partial charge in [-0.3, -0.25) is 13.9 Å². The fourth-order valence-electron chi connectivity index (χ4n) is 4.19. The van der Waals surface area contributed by atoms with E-state index in [0.29, 0.717) is 19.4 Å². The number of likely N-dealkylation sites (N-methyl/N-ethyl adjacent to an activating group) is 1. The van der Waals surface area contributed by atoms with Gasteiger partial charge in [0, 0.05) is 13.1 Å². The summed E-state index contributed by atoms with van der Waals surface area (Å²) >= 11 is 12.3. The third kappa shape index (κ3) is 7.75. The highest BCUT2D eigenvalue weighted by Crippen LogP contribution is 2.31. The molecule has 1 N–H and O–H groups in total. The molecule has 208 valence electrons. The van der Waals surface area contributed by atoms with Crippen molar-refractivity contribution in [3.63, 3.8) is 0 Å². The van der Waals surface area contributed by atoms with Crippen LogP contribution in [0.4, 0.5) is 5.69 Å². The van der Waals surface area contributed by atoms with E-state index in [4.69, 9.17) is 23.2 Å². The van der Waals surface area contributed by atoms with Crippen LogP contribution in [0.5, 0.6) is 0 Å². The highest BCUT2D eigenvalue weighted by Gasteiger charge is 2.33. The van der Waals surface area contributed by atoms with Crippen molar-refractivity contribution in [2.24, 2.45) is 0 Å². The number of carbonyl (C=O) groups excluding carboxylic acids is 2. The summed E-state index contributed by atoms with van der Waals surface area (Å²) in [6.45, 7) is 5.60. The maximum Gasteiger partial charge on any atom is 0.264 e. The molecule has 2 amide bonds. The second-order valence-electron chi connectivity index (χ2n) is 9.06. The second kappa shape index (κ2) is 13.8. The number of nitrogens with one attached hydrogen (secondary N) is 1. The Kier molecular flexibility index (Phi) is 10.8. The van der Waals surface area contributed by atoms with Gasteiger partial charge in [-0.2, -0.15) is 0 Å². The molecule has 0 heterocycles. The van der Waals surface area contributed by atoms with Crippen LogP contribution in [0.25, 0.3) is 0 Å². The minimum absolute atomic E-state index is 0.0265. The molecule has 10 heteroatoms. The van der Waals surface area contributed by atoms with Gasteiger partial charge in [-0.15, -0.1) is 0 Å². The highest BCUT2D eigenvalue weighted by molar-refractivity contribution is 7.92. The Morgan fingerprint density at radius 1 is 0.923 bits per heavy atom. The molecular formula is C29H33Cl2N3O4S. The molecule has 7 nitrogen and oxygen atoms in total. The molecule has 0 fully saturated rings. The smallest absolute Gasteiger partial charge is 0.264 e. The molecule has 0 saturated carbocycles. The molecule has 3 rings (SSSR count). The van der Waals surface area contributed by atoms with Crippen molar-refractivity contribution in [3.8, 4) is 0 Å². The van der Waals surface area contributed by atoms with E-state index in [1.54, 1.807) is 19.1 Å². The van der Waals surface area contributed by atoms with Gasteiger partial charge in [0.15, 0.2) is 0 Å². The van der Waals surface area contributed by atoms with Gasteiger partial charge in [-0.1, -0.05) is 78.2 Å². The summed E-state index contributed by atoms with van der Waals surface area (Å²) in [4.78, 5) is 28.4. The van der Waals surface area contributed by atoms with Crippen LogP contribution in [0.15, 0.2) is 77.7 Å². The molecule has 0 radical (unpaired) electrons. The Bertz CT molecular complexity index is 1380. The van der Waals surface area contributed by atoms with Gasteiger partial charge < -0.3 is 10.2 Å². The lowest BCUT2D eigenvalue weighted by Crippen LogP contribution is -2.53. The molecule has 39 heavy (non-hydrogen) atoms. The van der Waals surface area contributed by atoms with Crippen LogP contribution in [0.1, 0.15) is 31.4 Å².